The first kappa shape index (κ1) is 28.2. The van der Waals surface area contributed by atoms with E-state index in [0.29, 0.717) is 10.6 Å². The largest absolute Gasteiger partial charge is 0.480 e. The SMILES string of the molecule is CC(C)C[C@H](NC(=O)[C@@H](N)Cc1cnc[nH]1)C(=O)N(C(=O)[C@@H](N)C(C)C)[C@H](C(=O)O)[C@@H](C)O. The van der Waals surface area contributed by atoms with Crippen LogP contribution in [0.15, 0.2) is 12.5 Å². The number of aliphatic carboxylic acids is 1. The van der Waals surface area contributed by atoms with Crippen LogP contribution in [0.1, 0.15) is 46.7 Å². The molecule has 0 saturated heterocycles. The van der Waals surface area contributed by atoms with Crippen LogP contribution < -0.4 is 16.8 Å². The van der Waals surface area contributed by atoms with Crippen LogP contribution in [-0.2, 0) is 25.6 Å². The van der Waals surface area contributed by atoms with Crippen molar-refractivity contribution in [2.24, 2.45) is 23.3 Å². The number of carboxylic acid groups (broad SMARTS) is 1. The van der Waals surface area contributed by atoms with Crippen LogP contribution in [0.5, 0.6) is 0 Å². The number of nitrogens with one attached hydrogen (secondary N) is 2. The van der Waals surface area contributed by atoms with E-state index >= 15 is 0 Å². The number of nitrogens with zero attached hydrogens (tertiary/aromatic N) is 2. The van der Waals surface area contributed by atoms with E-state index in [4.69, 9.17) is 11.5 Å². The van der Waals surface area contributed by atoms with E-state index in [9.17, 15) is 29.4 Å². The number of rotatable bonds is 12. The van der Waals surface area contributed by atoms with Gasteiger partial charge in [-0.25, -0.2) is 9.78 Å². The average molecular weight is 469 g/mol. The molecule has 12 nitrogen and oxygen atoms in total. The van der Waals surface area contributed by atoms with Gasteiger partial charge in [0.05, 0.1) is 24.5 Å². The Kier molecular flexibility index (Phi) is 10.6. The van der Waals surface area contributed by atoms with E-state index in [0.717, 1.165) is 6.92 Å². The van der Waals surface area contributed by atoms with Crippen molar-refractivity contribution in [2.75, 3.05) is 0 Å². The molecule has 186 valence electrons. The van der Waals surface area contributed by atoms with E-state index in [2.05, 4.69) is 15.3 Å². The fourth-order valence-electron chi connectivity index (χ4n) is 3.23. The Balaban J connectivity index is 3.27. The monoisotopic (exact) mass is 468 g/mol. The summed E-state index contributed by atoms with van der Waals surface area (Å²) in [6.07, 6.45) is 1.61. The number of nitrogens with two attached hydrogens (primary N) is 2. The number of aromatic nitrogens is 2. The number of aromatic amines is 1. The quantitative estimate of drug-likeness (QED) is 0.222. The smallest absolute Gasteiger partial charge is 0.329 e. The Morgan fingerprint density at radius 3 is 2.15 bits per heavy atom. The number of carbonyl (C=O) groups is 4. The number of imide groups is 1. The number of amides is 3. The van der Waals surface area contributed by atoms with Gasteiger partial charge in [-0.15, -0.1) is 0 Å². The third-order valence-electron chi connectivity index (χ3n) is 5.12. The summed E-state index contributed by atoms with van der Waals surface area (Å²) < 4.78 is 0. The zero-order chi connectivity index (χ0) is 25.5. The van der Waals surface area contributed by atoms with Crippen molar-refractivity contribution in [1.29, 1.82) is 0 Å². The zero-order valence-corrected chi connectivity index (χ0v) is 19.7. The molecule has 5 atom stereocenters. The molecule has 0 fully saturated rings. The molecule has 33 heavy (non-hydrogen) atoms. The molecular formula is C21H36N6O6. The van der Waals surface area contributed by atoms with Crippen molar-refractivity contribution in [3.05, 3.63) is 18.2 Å². The van der Waals surface area contributed by atoms with Crippen LogP contribution in [0.3, 0.4) is 0 Å². The van der Waals surface area contributed by atoms with E-state index in [-0.39, 0.29) is 18.8 Å². The van der Waals surface area contributed by atoms with Crippen molar-refractivity contribution >= 4 is 23.7 Å². The van der Waals surface area contributed by atoms with Gasteiger partial charge in [-0.2, -0.15) is 0 Å². The lowest BCUT2D eigenvalue weighted by atomic mass is 9.97. The van der Waals surface area contributed by atoms with Crippen molar-refractivity contribution < 1.29 is 29.4 Å². The topological polar surface area (TPSA) is 205 Å². The molecule has 1 aromatic heterocycles. The summed E-state index contributed by atoms with van der Waals surface area (Å²) >= 11 is 0. The van der Waals surface area contributed by atoms with Gasteiger partial charge < -0.3 is 32.0 Å². The second kappa shape index (κ2) is 12.4. The molecule has 0 aromatic carbocycles. The zero-order valence-electron chi connectivity index (χ0n) is 19.7. The van der Waals surface area contributed by atoms with Gasteiger partial charge in [0.1, 0.15) is 6.04 Å². The van der Waals surface area contributed by atoms with Gasteiger partial charge in [0.25, 0.3) is 5.91 Å². The highest BCUT2D eigenvalue weighted by atomic mass is 16.4. The first-order valence-electron chi connectivity index (χ1n) is 10.8. The summed E-state index contributed by atoms with van der Waals surface area (Å²) in [5, 5.41) is 22.2. The van der Waals surface area contributed by atoms with Gasteiger partial charge in [0, 0.05) is 18.3 Å². The number of carbonyl (C=O) groups excluding carboxylic acids is 3. The van der Waals surface area contributed by atoms with Crippen LogP contribution in [0.2, 0.25) is 0 Å². The second-order valence-corrected chi connectivity index (χ2v) is 8.92. The van der Waals surface area contributed by atoms with Gasteiger partial charge in [0.15, 0.2) is 6.04 Å². The third-order valence-corrected chi connectivity index (χ3v) is 5.12. The van der Waals surface area contributed by atoms with E-state index in [1.54, 1.807) is 27.7 Å². The fourth-order valence-corrected chi connectivity index (χ4v) is 3.23. The fraction of sp³-hybridized carbons (Fsp3) is 0.667. The molecule has 3 amide bonds. The van der Waals surface area contributed by atoms with Gasteiger partial charge in [-0.1, -0.05) is 27.7 Å². The highest BCUT2D eigenvalue weighted by Gasteiger charge is 2.43. The lowest BCUT2D eigenvalue weighted by Crippen LogP contribution is -2.63. The molecule has 1 rings (SSSR count). The van der Waals surface area contributed by atoms with Gasteiger partial charge in [-0.05, 0) is 25.2 Å². The summed E-state index contributed by atoms with van der Waals surface area (Å²) in [4.78, 5) is 58.3. The van der Waals surface area contributed by atoms with Gasteiger partial charge in [0.2, 0.25) is 11.8 Å². The van der Waals surface area contributed by atoms with Crippen LogP contribution in [-0.4, -0.2) is 79.0 Å². The standard InChI is InChI=1S/C21H36N6O6/c1-10(2)6-15(26-18(29)14(22)7-13-8-24-9-25-13)19(30)27(17(12(5)28)21(32)33)20(31)16(23)11(3)4/h8-12,14-17,28H,6-7,22-23H2,1-5H3,(H,24,25)(H,26,29)(H,32,33)/t12-,14+,15+,16+,17+/m1/s1. The summed E-state index contributed by atoms with van der Waals surface area (Å²) in [7, 11) is 0. The Bertz CT molecular complexity index is 810. The molecule has 0 aliphatic heterocycles. The maximum Gasteiger partial charge on any atom is 0.329 e. The maximum absolute atomic E-state index is 13.5. The molecule has 0 unspecified atom stereocenters. The first-order chi connectivity index (χ1) is 15.3. The molecule has 1 aromatic rings. The summed E-state index contributed by atoms with van der Waals surface area (Å²) in [5.74, 6) is -4.67. The molecule has 0 aliphatic rings. The van der Waals surface area contributed by atoms with Gasteiger partial charge >= 0.3 is 5.97 Å². The number of hydrogen-bond acceptors (Lipinski definition) is 8. The normalized spacial score (nSPS) is 16.1. The predicted molar refractivity (Wildman–Crippen MR) is 119 cm³/mol. The highest BCUT2D eigenvalue weighted by molar-refractivity contribution is 6.04. The Hall–Kier alpha value is -2.83. The molecule has 0 aliphatic carbocycles. The van der Waals surface area contributed by atoms with Crippen molar-refractivity contribution in [3.8, 4) is 0 Å². The predicted octanol–water partition coefficient (Wildman–Crippen LogP) is -1.02. The van der Waals surface area contributed by atoms with E-state index < -0.39 is 59.9 Å². The molecular weight excluding hydrogens is 432 g/mol. The lowest BCUT2D eigenvalue weighted by molar-refractivity contribution is -0.164. The minimum Gasteiger partial charge on any atom is -0.480 e. The average Bonchev–Trinajstić information content (AvgIpc) is 3.21. The molecule has 0 bridgehead atoms. The summed E-state index contributed by atoms with van der Waals surface area (Å²) in [5.41, 5.74) is 12.5. The Morgan fingerprint density at radius 1 is 1.12 bits per heavy atom. The molecule has 0 radical (unpaired) electrons. The molecule has 8 N–H and O–H groups in total. The summed E-state index contributed by atoms with van der Waals surface area (Å²) in [6.45, 7) is 8.04. The number of aliphatic hydroxyl groups is 1. The van der Waals surface area contributed by atoms with Crippen molar-refractivity contribution in [2.45, 2.75) is 77.7 Å². The minimum absolute atomic E-state index is 0.103. The minimum atomic E-state index is -1.87. The first-order valence-corrected chi connectivity index (χ1v) is 10.8. The Morgan fingerprint density at radius 2 is 1.73 bits per heavy atom. The maximum atomic E-state index is 13.5. The van der Waals surface area contributed by atoms with E-state index in [1.807, 2.05) is 0 Å². The van der Waals surface area contributed by atoms with Crippen molar-refractivity contribution in [1.82, 2.24) is 20.2 Å². The molecule has 0 spiro atoms. The summed E-state index contributed by atoms with van der Waals surface area (Å²) in [6, 6.07) is -5.34. The Labute approximate surface area is 193 Å². The molecule has 12 heteroatoms. The third kappa shape index (κ3) is 7.91. The number of carboxylic acids is 1. The van der Waals surface area contributed by atoms with Crippen LogP contribution in [0.4, 0.5) is 0 Å². The highest BCUT2D eigenvalue weighted by Crippen LogP contribution is 2.17. The van der Waals surface area contributed by atoms with Gasteiger partial charge in [-0.3, -0.25) is 19.3 Å². The molecule has 0 saturated carbocycles. The number of aliphatic hydroxyl groups excluding tert-OH is 1. The number of imidazole rings is 1. The second-order valence-electron chi connectivity index (χ2n) is 8.92. The molecule has 1 heterocycles. The van der Waals surface area contributed by atoms with E-state index in [1.165, 1.54) is 12.5 Å². The lowest BCUT2D eigenvalue weighted by Gasteiger charge is -2.35. The van der Waals surface area contributed by atoms with Crippen LogP contribution in [0, 0.1) is 11.8 Å². The van der Waals surface area contributed by atoms with Crippen LogP contribution >= 0.6 is 0 Å². The number of H-pyrrole nitrogens is 1. The van der Waals surface area contributed by atoms with Crippen LogP contribution in [0.25, 0.3) is 0 Å². The number of hydrogen-bond donors (Lipinski definition) is 6. The van der Waals surface area contributed by atoms with Crippen molar-refractivity contribution in [3.63, 3.8) is 0 Å².